The molecule has 0 bridgehead atoms. The zero-order valence-electron chi connectivity index (χ0n) is 14.8. The third-order valence-electron chi connectivity index (χ3n) is 4.78. The maximum Gasteiger partial charge on any atom is 0.251 e. The number of carbonyl (C=O) groups is 1. The Hall–Kier alpha value is -3.28. The molecule has 0 saturated heterocycles. The SMILES string of the molecule is CCc1cc(=O)[nH]c(-c2cccc(NC(=O)C3Cc4ccc(F)cc43)c2)n1. The number of nitrogens with zero attached hydrogens (tertiary/aromatic N) is 1. The Balaban J connectivity index is 1.56. The Morgan fingerprint density at radius 2 is 2.11 bits per heavy atom. The molecule has 1 aliphatic carbocycles. The molecule has 2 aromatic carbocycles. The van der Waals surface area contributed by atoms with Crippen molar-refractivity contribution in [1.29, 1.82) is 0 Å². The lowest BCUT2D eigenvalue weighted by atomic mass is 9.77. The van der Waals surface area contributed by atoms with Crippen molar-refractivity contribution in [2.75, 3.05) is 5.32 Å². The number of hydrogen-bond donors (Lipinski definition) is 2. The van der Waals surface area contributed by atoms with Gasteiger partial charge in [0.1, 0.15) is 11.6 Å². The highest BCUT2D eigenvalue weighted by Gasteiger charge is 2.32. The number of aromatic nitrogens is 2. The van der Waals surface area contributed by atoms with Gasteiger partial charge in [-0.2, -0.15) is 0 Å². The van der Waals surface area contributed by atoms with Crippen LogP contribution in [0.4, 0.5) is 10.1 Å². The summed E-state index contributed by atoms with van der Waals surface area (Å²) in [6, 6.07) is 13.2. The summed E-state index contributed by atoms with van der Waals surface area (Å²) in [7, 11) is 0. The van der Waals surface area contributed by atoms with Crippen LogP contribution in [0, 0.1) is 5.82 Å². The molecule has 1 unspecified atom stereocenters. The van der Waals surface area contributed by atoms with Gasteiger partial charge in [0.15, 0.2) is 0 Å². The molecule has 136 valence electrons. The standard InChI is InChI=1S/C21H18FN3O2/c1-2-15-11-19(26)25-20(23-15)13-4-3-5-16(8-13)24-21(27)18-9-12-6-7-14(22)10-17(12)18/h3-8,10-11,18H,2,9H2,1H3,(H,24,27)(H,23,25,26). The third kappa shape index (κ3) is 3.38. The summed E-state index contributed by atoms with van der Waals surface area (Å²) in [5.74, 6) is -0.389. The van der Waals surface area contributed by atoms with Gasteiger partial charge in [-0.15, -0.1) is 0 Å². The lowest BCUT2D eigenvalue weighted by molar-refractivity contribution is -0.118. The number of aryl methyl sites for hydroxylation is 1. The molecule has 0 radical (unpaired) electrons. The first-order chi connectivity index (χ1) is 13.0. The smallest absolute Gasteiger partial charge is 0.251 e. The third-order valence-corrected chi connectivity index (χ3v) is 4.78. The van der Waals surface area contributed by atoms with E-state index in [2.05, 4.69) is 15.3 Å². The second-order valence-electron chi connectivity index (χ2n) is 6.61. The van der Waals surface area contributed by atoms with Gasteiger partial charge in [0.25, 0.3) is 5.56 Å². The van der Waals surface area contributed by atoms with Gasteiger partial charge in [-0.05, 0) is 48.2 Å². The van der Waals surface area contributed by atoms with Crippen LogP contribution in [-0.2, 0) is 17.6 Å². The number of anilines is 1. The van der Waals surface area contributed by atoms with Crippen LogP contribution in [0.1, 0.15) is 29.7 Å². The molecule has 0 aliphatic heterocycles. The Labute approximate surface area is 155 Å². The summed E-state index contributed by atoms with van der Waals surface area (Å²) in [6.07, 6.45) is 1.26. The van der Waals surface area contributed by atoms with Crippen LogP contribution >= 0.6 is 0 Å². The van der Waals surface area contributed by atoms with Crippen LogP contribution < -0.4 is 10.9 Å². The van der Waals surface area contributed by atoms with Gasteiger partial charge in [0.05, 0.1) is 5.92 Å². The summed E-state index contributed by atoms with van der Waals surface area (Å²) in [4.78, 5) is 31.5. The van der Waals surface area contributed by atoms with E-state index in [4.69, 9.17) is 0 Å². The van der Waals surface area contributed by atoms with Crippen LogP contribution in [0.25, 0.3) is 11.4 Å². The minimum atomic E-state index is -0.347. The van der Waals surface area contributed by atoms with E-state index in [0.29, 0.717) is 35.6 Å². The quantitative estimate of drug-likeness (QED) is 0.746. The van der Waals surface area contributed by atoms with Crippen LogP contribution in [0.15, 0.2) is 53.3 Å². The average Bonchev–Trinajstić information content (AvgIpc) is 2.64. The second kappa shape index (κ2) is 6.79. The number of halogens is 1. The van der Waals surface area contributed by atoms with E-state index in [-0.39, 0.29) is 23.2 Å². The van der Waals surface area contributed by atoms with Gasteiger partial charge >= 0.3 is 0 Å². The predicted octanol–water partition coefficient (Wildman–Crippen LogP) is 3.42. The molecular weight excluding hydrogens is 345 g/mol. The first-order valence-electron chi connectivity index (χ1n) is 8.83. The highest BCUT2D eigenvalue weighted by atomic mass is 19.1. The van der Waals surface area contributed by atoms with Crippen molar-refractivity contribution in [2.24, 2.45) is 0 Å². The van der Waals surface area contributed by atoms with Gasteiger partial charge < -0.3 is 10.3 Å². The van der Waals surface area contributed by atoms with Crippen molar-refractivity contribution in [1.82, 2.24) is 9.97 Å². The van der Waals surface area contributed by atoms with E-state index in [1.807, 2.05) is 13.0 Å². The van der Waals surface area contributed by atoms with Crippen LogP contribution in [-0.4, -0.2) is 15.9 Å². The van der Waals surface area contributed by atoms with Gasteiger partial charge in [0, 0.05) is 23.0 Å². The number of rotatable bonds is 4. The molecule has 6 heteroatoms. The molecule has 27 heavy (non-hydrogen) atoms. The zero-order chi connectivity index (χ0) is 19.0. The Bertz CT molecular complexity index is 1090. The number of amides is 1. The van der Waals surface area contributed by atoms with Gasteiger partial charge in [0.2, 0.25) is 5.91 Å². The molecule has 5 nitrogen and oxygen atoms in total. The number of benzene rings is 2. The topological polar surface area (TPSA) is 74.8 Å². The van der Waals surface area contributed by atoms with E-state index >= 15 is 0 Å². The summed E-state index contributed by atoms with van der Waals surface area (Å²) >= 11 is 0. The van der Waals surface area contributed by atoms with Crippen molar-refractivity contribution in [3.8, 4) is 11.4 Å². The first kappa shape index (κ1) is 17.1. The summed E-state index contributed by atoms with van der Waals surface area (Å²) in [6.45, 7) is 1.93. The van der Waals surface area contributed by atoms with Crippen molar-refractivity contribution in [2.45, 2.75) is 25.7 Å². The highest BCUT2D eigenvalue weighted by molar-refractivity contribution is 5.98. The maximum atomic E-state index is 13.4. The molecule has 2 N–H and O–H groups in total. The van der Waals surface area contributed by atoms with E-state index in [0.717, 1.165) is 11.1 Å². The molecule has 1 amide bonds. The molecule has 0 saturated carbocycles. The fourth-order valence-electron chi connectivity index (χ4n) is 3.31. The van der Waals surface area contributed by atoms with Crippen LogP contribution in [0.3, 0.4) is 0 Å². The Kier molecular flexibility index (Phi) is 4.32. The molecule has 4 rings (SSSR count). The summed E-state index contributed by atoms with van der Waals surface area (Å²) < 4.78 is 13.4. The minimum absolute atomic E-state index is 0.172. The number of carbonyl (C=O) groups excluding carboxylic acids is 1. The largest absolute Gasteiger partial charge is 0.326 e. The molecule has 1 atom stereocenters. The molecule has 1 heterocycles. The first-order valence-corrected chi connectivity index (χ1v) is 8.83. The Morgan fingerprint density at radius 1 is 1.26 bits per heavy atom. The molecular formula is C21H18FN3O2. The molecule has 1 aromatic heterocycles. The average molecular weight is 363 g/mol. The normalized spacial score (nSPS) is 15.0. The van der Waals surface area contributed by atoms with Crippen LogP contribution in [0.2, 0.25) is 0 Å². The highest BCUT2D eigenvalue weighted by Crippen LogP contribution is 2.36. The van der Waals surface area contributed by atoms with Crippen molar-refractivity contribution in [3.63, 3.8) is 0 Å². The van der Waals surface area contributed by atoms with E-state index in [9.17, 15) is 14.0 Å². The fraction of sp³-hybridized carbons (Fsp3) is 0.190. The fourth-order valence-corrected chi connectivity index (χ4v) is 3.31. The monoisotopic (exact) mass is 363 g/mol. The Morgan fingerprint density at radius 3 is 2.93 bits per heavy atom. The van der Waals surface area contributed by atoms with E-state index in [1.54, 1.807) is 24.3 Å². The molecule has 0 spiro atoms. The van der Waals surface area contributed by atoms with Crippen molar-refractivity contribution >= 4 is 11.6 Å². The number of aromatic amines is 1. The van der Waals surface area contributed by atoms with Gasteiger partial charge in [-0.3, -0.25) is 9.59 Å². The summed E-state index contributed by atoms with van der Waals surface area (Å²) in [5, 5.41) is 2.88. The second-order valence-corrected chi connectivity index (χ2v) is 6.61. The van der Waals surface area contributed by atoms with E-state index in [1.165, 1.54) is 18.2 Å². The number of nitrogens with one attached hydrogen (secondary N) is 2. The maximum absolute atomic E-state index is 13.4. The van der Waals surface area contributed by atoms with Crippen molar-refractivity contribution in [3.05, 3.63) is 81.5 Å². The number of hydrogen-bond acceptors (Lipinski definition) is 3. The lowest BCUT2D eigenvalue weighted by Crippen LogP contribution is -2.30. The van der Waals surface area contributed by atoms with Crippen LogP contribution in [0.5, 0.6) is 0 Å². The van der Waals surface area contributed by atoms with E-state index < -0.39 is 0 Å². The lowest BCUT2D eigenvalue weighted by Gasteiger charge is -2.29. The molecule has 0 fully saturated rings. The van der Waals surface area contributed by atoms with Gasteiger partial charge in [-0.25, -0.2) is 9.37 Å². The number of H-pyrrole nitrogens is 1. The summed E-state index contributed by atoms with van der Waals surface area (Å²) in [5.41, 5.74) is 3.55. The van der Waals surface area contributed by atoms with Gasteiger partial charge in [-0.1, -0.05) is 25.1 Å². The minimum Gasteiger partial charge on any atom is -0.326 e. The zero-order valence-corrected chi connectivity index (χ0v) is 14.8. The van der Waals surface area contributed by atoms with Crippen molar-refractivity contribution < 1.29 is 9.18 Å². The molecule has 3 aromatic rings. The number of fused-ring (bicyclic) bond motifs is 1. The predicted molar refractivity (Wildman–Crippen MR) is 101 cm³/mol. The molecule has 1 aliphatic rings.